The van der Waals surface area contributed by atoms with Crippen molar-refractivity contribution in [2.45, 2.75) is 18.9 Å². The van der Waals surface area contributed by atoms with E-state index in [1.165, 1.54) is 0 Å². The second-order valence-corrected chi connectivity index (χ2v) is 6.16. The fourth-order valence-corrected chi connectivity index (χ4v) is 3.02. The normalized spacial score (nSPS) is 17.6. The van der Waals surface area contributed by atoms with Crippen LogP contribution in [0.2, 0.25) is 5.02 Å². The van der Waals surface area contributed by atoms with Crippen molar-refractivity contribution in [3.05, 3.63) is 59.3 Å². The molecule has 1 unspecified atom stereocenters. The zero-order valence-electron chi connectivity index (χ0n) is 12.7. The first-order valence-corrected chi connectivity index (χ1v) is 7.96. The molecule has 3 heterocycles. The molecule has 1 amide bonds. The monoisotopic (exact) mass is 343 g/mol. The van der Waals surface area contributed by atoms with Crippen LogP contribution >= 0.6 is 11.6 Å². The zero-order chi connectivity index (χ0) is 16.5. The fourth-order valence-electron chi connectivity index (χ4n) is 2.83. The number of nitrogens with zero attached hydrogens (tertiary/aromatic N) is 3. The smallest absolute Gasteiger partial charge is 0.257 e. The molecule has 24 heavy (non-hydrogen) atoms. The van der Waals surface area contributed by atoms with E-state index in [0.717, 1.165) is 11.3 Å². The molecule has 1 saturated heterocycles. The molecule has 0 saturated carbocycles. The molecule has 3 aromatic rings. The lowest BCUT2D eigenvalue weighted by Crippen LogP contribution is -2.24. The molecule has 1 aliphatic rings. The summed E-state index contributed by atoms with van der Waals surface area (Å²) in [7, 11) is 0. The molecule has 2 aromatic heterocycles. The van der Waals surface area contributed by atoms with E-state index in [2.05, 4.69) is 10.1 Å². The van der Waals surface area contributed by atoms with Gasteiger partial charge in [-0.2, -0.15) is 4.98 Å². The predicted molar refractivity (Wildman–Crippen MR) is 86.2 cm³/mol. The van der Waals surface area contributed by atoms with E-state index in [1.54, 1.807) is 23.3 Å². The summed E-state index contributed by atoms with van der Waals surface area (Å²) in [5.41, 5.74) is 0.762. The second-order valence-electron chi connectivity index (χ2n) is 5.72. The first kappa shape index (κ1) is 15.0. The number of amides is 1. The molecule has 0 bridgehead atoms. The van der Waals surface area contributed by atoms with Crippen molar-refractivity contribution < 1.29 is 13.7 Å². The van der Waals surface area contributed by atoms with Crippen molar-refractivity contribution in [2.24, 2.45) is 0 Å². The minimum absolute atomic E-state index is 0.0607. The lowest BCUT2D eigenvalue weighted by molar-refractivity contribution is -0.128. The molecule has 1 aliphatic heterocycles. The van der Waals surface area contributed by atoms with Gasteiger partial charge < -0.3 is 13.8 Å². The molecule has 0 N–H and O–H groups in total. The number of carbonyl (C=O) groups is 1. The van der Waals surface area contributed by atoms with Gasteiger partial charge >= 0.3 is 0 Å². The minimum atomic E-state index is -0.0795. The summed E-state index contributed by atoms with van der Waals surface area (Å²) < 4.78 is 10.6. The van der Waals surface area contributed by atoms with Gasteiger partial charge in [0.05, 0.1) is 12.8 Å². The van der Waals surface area contributed by atoms with E-state index in [-0.39, 0.29) is 11.8 Å². The maximum Gasteiger partial charge on any atom is 0.257 e. The van der Waals surface area contributed by atoms with E-state index in [1.807, 2.05) is 24.3 Å². The molecule has 7 heteroatoms. The largest absolute Gasteiger partial charge is 0.467 e. The molecule has 0 spiro atoms. The number of carbonyl (C=O) groups excluding carboxylic acids is 1. The molecule has 1 aromatic carbocycles. The number of hydrogen-bond donors (Lipinski definition) is 0. The van der Waals surface area contributed by atoms with Gasteiger partial charge in [0.25, 0.3) is 5.89 Å². The quantitative estimate of drug-likeness (QED) is 0.725. The van der Waals surface area contributed by atoms with E-state index in [4.69, 9.17) is 20.5 Å². The molecular formula is C17H14ClN3O3. The van der Waals surface area contributed by atoms with Gasteiger partial charge in [0.2, 0.25) is 5.91 Å². The summed E-state index contributed by atoms with van der Waals surface area (Å²) in [4.78, 5) is 18.4. The number of halogens is 1. The summed E-state index contributed by atoms with van der Waals surface area (Å²) in [5, 5.41) is 4.64. The highest BCUT2D eigenvalue weighted by Gasteiger charge is 2.34. The Bertz CT molecular complexity index is 860. The van der Waals surface area contributed by atoms with E-state index in [0.29, 0.717) is 36.2 Å². The Kier molecular flexibility index (Phi) is 3.82. The maximum atomic E-state index is 12.2. The molecule has 6 nitrogen and oxygen atoms in total. The Morgan fingerprint density at radius 1 is 1.29 bits per heavy atom. The van der Waals surface area contributed by atoms with Crippen LogP contribution in [0.3, 0.4) is 0 Å². The van der Waals surface area contributed by atoms with Crippen LogP contribution in [0.1, 0.15) is 23.9 Å². The summed E-state index contributed by atoms with van der Waals surface area (Å²) >= 11 is 5.98. The standard InChI is InChI=1S/C17H14ClN3O3/c18-13-4-1-3-11(7-13)17-19-16(20-24-17)12-8-15(22)21(9-12)10-14-5-2-6-23-14/h1-7,12H,8-10H2. The molecular weight excluding hydrogens is 330 g/mol. The Morgan fingerprint density at radius 2 is 2.21 bits per heavy atom. The molecule has 1 fully saturated rings. The average molecular weight is 344 g/mol. The van der Waals surface area contributed by atoms with Crippen LogP contribution in [0, 0.1) is 0 Å². The number of benzene rings is 1. The summed E-state index contributed by atoms with van der Waals surface area (Å²) in [5.74, 6) is 1.69. The third kappa shape index (κ3) is 2.92. The number of furan rings is 1. The van der Waals surface area contributed by atoms with Gasteiger partial charge in [0, 0.05) is 29.5 Å². The highest BCUT2D eigenvalue weighted by molar-refractivity contribution is 6.30. The Hall–Kier alpha value is -2.60. The van der Waals surface area contributed by atoms with Crippen molar-refractivity contribution in [3.8, 4) is 11.5 Å². The van der Waals surface area contributed by atoms with Gasteiger partial charge in [0.1, 0.15) is 5.76 Å². The molecule has 0 radical (unpaired) electrons. The summed E-state index contributed by atoms with van der Waals surface area (Å²) in [6.45, 7) is 1.01. The van der Waals surface area contributed by atoms with Crippen LogP contribution in [0.25, 0.3) is 11.5 Å². The highest BCUT2D eigenvalue weighted by atomic mass is 35.5. The SMILES string of the molecule is O=C1CC(c2noc(-c3cccc(Cl)c3)n2)CN1Cc1ccco1. The number of aromatic nitrogens is 2. The summed E-state index contributed by atoms with van der Waals surface area (Å²) in [6.07, 6.45) is 1.97. The lowest BCUT2D eigenvalue weighted by Gasteiger charge is -2.13. The van der Waals surface area contributed by atoms with Gasteiger partial charge in [-0.25, -0.2) is 0 Å². The molecule has 1 atom stereocenters. The van der Waals surface area contributed by atoms with Crippen LogP contribution in [-0.2, 0) is 11.3 Å². The van der Waals surface area contributed by atoms with Crippen molar-refractivity contribution >= 4 is 17.5 Å². The van der Waals surface area contributed by atoms with Crippen molar-refractivity contribution in [3.63, 3.8) is 0 Å². The predicted octanol–water partition coefficient (Wildman–Crippen LogP) is 3.50. The van der Waals surface area contributed by atoms with E-state index < -0.39 is 0 Å². The van der Waals surface area contributed by atoms with Crippen molar-refractivity contribution in [2.75, 3.05) is 6.54 Å². The lowest BCUT2D eigenvalue weighted by atomic mass is 10.1. The average Bonchev–Trinajstić information content (AvgIpc) is 3.30. The summed E-state index contributed by atoms with van der Waals surface area (Å²) in [6, 6.07) is 10.9. The second kappa shape index (κ2) is 6.13. The third-order valence-corrected chi connectivity index (χ3v) is 4.25. The first-order valence-electron chi connectivity index (χ1n) is 7.59. The first-order chi connectivity index (χ1) is 11.7. The minimum Gasteiger partial charge on any atom is -0.467 e. The van der Waals surface area contributed by atoms with Crippen LogP contribution in [-0.4, -0.2) is 27.5 Å². The molecule has 122 valence electrons. The Balaban J connectivity index is 1.50. The number of likely N-dealkylation sites (tertiary alicyclic amines) is 1. The van der Waals surface area contributed by atoms with Crippen molar-refractivity contribution in [1.82, 2.24) is 15.0 Å². The maximum absolute atomic E-state index is 12.2. The third-order valence-electron chi connectivity index (χ3n) is 4.02. The van der Waals surface area contributed by atoms with E-state index >= 15 is 0 Å². The van der Waals surface area contributed by atoms with Crippen LogP contribution in [0.4, 0.5) is 0 Å². The van der Waals surface area contributed by atoms with Crippen LogP contribution < -0.4 is 0 Å². The van der Waals surface area contributed by atoms with Crippen LogP contribution in [0.5, 0.6) is 0 Å². The fraction of sp³-hybridized carbons (Fsp3) is 0.235. The number of rotatable bonds is 4. The van der Waals surface area contributed by atoms with Gasteiger partial charge in [-0.1, -0.05) is 22.8 Å². The van der Waals surface area contributed by atoms with Gasteiger partial charge in [0.15, 0.2) is 5.82 Å². The van der Waals surface area contributed by atoms with E-state index in [9.17, 15) is 4.79 Å². The zero-order valence-corrected chi connectivity index (χ0v) is 13.4. The van der Waals surface area contributed by atoms with Crippen molar-refractivity contribution in [1.29, 1.82) is 0 Å². The number of hydrogen-bond acceptors (Lipinski definition) is 5. The highest BCUT2D eigenvalue weighted by Crippen LogP contribution is 2.29. The van der Waals surface area contributed by atoms with Gasteiger partial charge in [-0.05, 0) is 30.3 Å². The topological polar surface area (TPSA) is 72.4 Å². The molecule has 0 aliphatic carbocycles. The van der Waals surface area contributed by atoms with Gasteiger partial charge in [-0.15, -0.1) is 0 Å². The Labute approximate surface area is 143 Å². The Morgan fingerprint density at radius 3 is 3.00 bits per heavy atom. The van der Waals surface area contributed by atoms with Gasteiger partial charge in [-0.3, -0.25) is 4.79 Å². The van der Waals surface area contributed by atoms with Crippen LogP contribution in [0.15, 0.2) is 51.6 Å². The molecule has 4 rings (SSSR count).